The first-order valence-electron chi connectivity index (χ1n) is 7.15. The lowest BCUT2D eigenvalue weighted by Crippen LogP contribution is -2.44. The van der Waals surface area contributed by atoms with Gasteiger partial charge in [0.2, 0.25) is 0 Å². The number of piperidine rings is 1. The van der Waals surface area contributed by atoms with Crippen LogP contribution in [0.4, 0.5) is 9.93 Å². The van der Waals surface area contributed by atoms with E-state index in [-0.39, 0.29) is 24.3 Å². The monoisotopic (exact) mass is 311 g/mol. The molecule has 2 amide bonds. The average Bonchev–Trinajstić information content (AvgIpc) is 2.83. The molecule has 0 radical (unpaired) electrons. The lowest BCUT2D eigenvalue weighted by Gasteiger charge is -2.35. The highest BCUT2D eigenvalue weighted by molar-refractivity contribution is 7.13. The summed E-state index contributed by atoms with van der Waals surface area (Å²) in [6.07, 6.45) is 2.05. The van der Waals surface area contributed by atoms with Crippen molar-refractivity contribution in [3.63, 3.8) is 0 Å². The molecule has 0 saturated carbocycles. The number of urea groups is 1. The second kappa shape index (κ2) is 6.89. The molecule has 2 N–H and O–H groups in total. The summed E-state index contributed by atoms with van der Waals surface area (Å²) in [5, 5.41) is 14.2. The number of amides is 2. The summed E-state index contributed by atoms with van der Waals surface area (Å²) in [6.45, 7) is 5.16. The summed E-state index contributed by atoms with van der Waals surface area (Å²) in [4.78, 5) is 29.0. The molecule has 2 unspecified atom stereocenters. The van der Waals surface area contributed by atoms with Gasteiger partial charge in [0.05, 0.1) is 5.69 Å². The van der Waals surface area contributed by atoms with Gasteiger partial charge in [0, 0.05) is 24.9 Å². The molecular formula is C14H21N3O3S. The molecule has 1 saturated heterocycles. The molecule has 7 heteroatoms. The van der Waals surface area contributed by atoms with Crippen LogP contribution in [0.15, 0.2) is 5.38 Å². The van der Waals surface area contributed by atoms with Crippen LogP contribution in [0.25, 0.3) is 0 Å². The number of carbonyl (C=O) groups is 2. The predicted molar refractivity (Wildman–Crippen MR) is 81.6 cm³/mol. The fourth-order valence-electron chi connectivity index (χ4n) is 2.68. The highest BCUT2D eigenvalue weighted by Gasteiger charge is 2.28. The topological polar surface area (TPSA) is 82.5 Å². The molecule has 2 rings (SSSR count). The van der Waals surface area contributed by atoms with Gasteiger partial charge in [-0.25, -0.2) is 9.78 Å². The molecule has 116 valence electrons. The molecule has 0 bridgehead atoms. The minimum atomic E-state index is -0.776. The van der Waals surface area contributed by atoms with E-state index in [1.807, 2.05) is 19.2 Å². The summed E-state index contributed by atoms with van der Waals surface area (Å²) >= 11 is 1.41. The Balaban J connectivity index is 1.90. The number of carboxylic acids is 1. The van der Waals surface area contributed by atoms with E-state index in [0.717, 1.165) is 18.5 Å². The van der Waals surface area contributed by atoms with Gasteiger partial charge in [-0.15, -0.1) is 11.3 Å². The highest BCUT2D eigenvalue weighted by Crippen LogP contribution is 2.26. The number of rotatable bonds is 4. The fraction of sp³-hybridized carbons (Fsp3) is 0.643. The van der Waals surface area contributed by atoms with Crippen LogP contribution in [0, 0.1) is 18.8 Å². The van der Waals surface area contributed by atoms with Crippen molar-refractivity contribution in [3.8, 4) is 0 Å². The Bertz CT molecular complexity index is 517. The van der Waals surface area contributed by atoms with Crippen LogP contribution in [0.1, 0.15) is 31.9 Å². The first-order chi connectivity index (χ1) is 9.95. The highest BCUT2D eigenvalue weighted by atomic mass is 32.1. The summed E-state index contributed by atoms with van der Waals surface area (Å²) in [5.74, 6) is -0.443. The second-order valence-electron chi connectivity index (χ2n) is 5.65. The third-order valence-electron chi connectivity index (χ3n) is 3.88. The number of carboxylic acid groups (broad SMARTS) is 1. The van der Waals surface area contributed by atoms with Gasteiger partial charge in [0.15, 0.2) is 5.13 Å². The van der Waals surface area contributed by atoms with Gasteiger partial charge in [0.1, 0.15) is 0 Å². The first-order valence-corrected chi connectivity index (χ1v) is 8.03. The van der Waals surface area contributed by atoms with E-state index in [9.17, 15) is 9.59 Å². The van der Waals surface area contributed by atoms with Crippen LogP contribution >= 0.6 is 11.3 Å². The zero-order valence-corrected chi connectivity index (χ0v) is 13.2. The summed E-state index contributed by atoms with van der Waals surface area (Å²) < 4.78 is 0. The van der Waals surface area contributed by atoms with Crippen LogP contribution in [0.3, 0.4) is 0 Å². The van der Waals surface area contributed by atoms with Gasteiger partial charge < -0.3 is 10.0 Å². The number of likely N-dealkylation sites (tertiary alicyclic amines) is 1. The van der Waals surface area contributed by atoms with Crippen molar-refractivity contribution in [3.05, 3.63) is 11.1 Å². The molecular weight excluding hydrogens is 290 g/mol. The minimum absolute atomic E-state index is 0.0835. The van der Waals surface area contributed by atoms with E-state index in [1.165, 1.54) is 11.3 Å². The number of nitrogens with zero attached hydrogens (tertiary/aromatic N) is 2. The van der Waals surface area contributed by atoms with Crippen LogP contribution < -0.4 is 5.32 Å². The Morgan fingerprint density at radius 1 is 1.62 bits per heavy atom. The second-order valence-corrected chi connectivity index (χ2v) is 6.51. The molecule has 21 heavy (non-hydrogen) atoms. The van der Waals surface area contributed by atoms with E-state index in [0.29, 0.717) is 18.2 Å². The maximum atomic E-state index is 12.2. The SMILES string of the molecule is Cc1csc(NC(=O)N2CCCC(C(C)CC(=O)O)C2)n1. The Morgan fingerprint density at radius 3 is 3.00 bits per heavy atom. The molecule has 1 aromatic rings. The maximum absolute atomic E-state index is 12.2. The third kappa shape index (κ3) is 4.42. The van der Waals surface area contributed by atoms with Crippen molar-refractivity contribution in [2.75, 3.05) is 18.4 Å². The Morgan fingerprint density at radius 2 is 2.38 bits per heavy atom. The van der Waals surface area contributed by atoms with E-state index in [1.54, 1.807) is 4.90 Å². The quantitative estimate of drug-likeness (QED) is 0.895. The number of nitrogens with one attached hydrogen (secondary N) is 1. The van der Waals surface area contributed by atoms with Gasteiger partial charge >= 0.3 is 12.0 Å². The Kier molecular flexibility index (Phi) is 5.17. The first kappa shape index (κ1) is 15.8. The summed E-state index contributed by atoms with van der Waals surface area (Å²) in [7, 11) is 0. The van der Waals surface area contributed by atoms with Gasteiger partial charge in [-0.05, 0) is 31.6 Å². The van der Waals surface area contributed by atoms with Crippen molar-refractivity contribution in [1.82, 2.24) is 9.88 Å². The Hall–Kier alpha value is -1.63. The number of aromatic nitrogens is 1. The van der Waals surface area contributed by atoms with Crippen molar-refractivity contribution < 1.29 is 14.7 Å². The summed E-state index contributed by atoms with van der Waals surface area (Å²) in [6, 6.07) is -0.142. The molecule has 0 aromatic carbocycles. The van der Waals surface area contributed by atoms with E-state index < -0.39 is 5.97 Å². The third-order valence-corrected chi connectivity index (χ3v) is 4.75. The van der Waals surface area contributed by atoms with Gasteiger partial charge in [-0.1, -0.05) is 6.92 Å². The molecule has 0 aliphatic carbocycles. The normalized spacial score (nSPS) is 20.1. The molecule has 2 heterocycles. The molecule has 1 aliphatic heterocycles. The fourth-order valence-corrected chi connectivity index (χ4v) is 3.36. The van der Waals surface area contributed by atoms with Crippen molar-refractivity contribution in [1.29, 1.82) is 0 Å². The van der Waals surface area contributed by atoms with Crippen molar-refractivity contribution in [2.45, 2.75) is 33.1 Å². The number of thiazole rings is 1. The molecule has 1 aromatic heterocycles. The number of carbonyl (C=O) groups excluding carboxylic acids is 1. The van der Waals surface area contributed by atoms with Crippen LogP contribution in [0.5, 0.6) is 0 Å². The predicted octanol–water partition coefficient (Wildman–Crippen LogP) is 2.81. The van der Waals surface area contributed by atoms with E-state index in [4.69, 9.17) is 5.11 Å². The number of aryl methyl sites for hydroxylation is 1. The number of aliphatic carboxylic acids is 1. The number of hydrogen-bond donors (Lipinski definition) is 2. The number of hydrogen-bond acceptors (Lipinski definition) is 4. The van der Waals surface area contributed by atoms with E-state index in [2.05, 4.69) is 10.3 Å². The van der Waals surface area contributed by atoms with Crippen LogP contribution in [-0.4, -0.2) is 40.1 Å². The standard InChI is InChI=1S/C14H21N3O3S/c1-9(6-12(18)19)11-4-3-5-17(7-11)14(20)16-13-15-10(2)8-21-13/h8-9,11H,3-7H2,1-2H3,(H,18,19)(H,15,16,20). The molecule has 1 aliphatic rings. The zero-order valence-electron chi connectivity index (χ0n) is 12.3. The Labute approximate surface area is 128 Å². The largest absolute Gasteiger partial charge is 0.481 e. The lowest BCUT2D eigenvalue weighted by molar-refractivity contribution is -0.138. The van der Waals surface area contributed by atoms with Crippen molar-refractivity contribution in [2.24, 2.45) is 11.8 Å². The van der Waals surface area contributed by atoms with Gasteiger partial charge in [-0.2, -0.15) is 0 Å². The zero-order chi connectivity index (χ0) is 15.4. The van der Waals surface area contributed by atoms with Crippen molar-refractivity contribution >= 4 is 28.5 Å². The molecule has 0 spiro atoms. The molecule has 6 nitrogen and oxygen atoms in total. The maximum Gasteiger partial charge on any atom is 0.323 e. The smallest absolute Gasteiger partial charge is 0.323 e. The van der Waals surface area contributed by atoms with E-state index >= 15 is 0 Å². The lowest BCUT2D eigenvalue weighted by atomic mass is 9.85. The number of anilines is 1. The summed E-state index contributed by atoms with van der Waals surface area (Å²) in [5.41, 5.74) is 0.891. The minimum Gasteiger partial charge on any atom is -0.481 e. The van der Waals surface area contributed by atoms with Crippen LogP contribution in [-0.2, 0) is 4.79 Å². The molecule has 1 fully saturated rings. The van der Waals surface area contributed by atoms with Gasteiger partial charge in [0.25, 0.3) is 0 Å². The average molecular weight is 311 g/mol. The van der Waals surface area contributed by atoms with Crippen LogP contribution in [0.2, 0.25) is 0 Å². The molecule has 2 atom stereocenters. The van der Waals surface area contributed by atoms with Gasteiger partial charge in [-0.3, -0.25) is 10.1 Å².